The highest BCUT2D eigenvalue weighted by Crippen LogP contribution is 2.31. The van der Waals surface area contributed by atoms with E-state index < -0.39 is 6.09 Å². The molecule has 1 N–H and O–H groups in total. The van der Waals surface area contributed by atoms with Crippen molar-refractivity contribution in [2.45, 2.75) is 19.4 Å². The third-order valence-corrected chi connectivity index (χ3v) is 6.96. The van der Waals surface area contributed by atoms with Gasteiger partial charge in [0.05, 0.1) is 23.6 Å². The van der Waals surface area contributed by atoms with E-state index in [0.717, 1.165) is 24.0 Å². The lowest BCUT2D eigenvalue weighted by Crippen LogP contribution is -2.41. The third kappa shape index (κ3) is 4.66. The van der Waals surface area contributed by atoms with Crippen molar-refractivity contribution in [2.75, 3.05) is 20.2 Å². The number of aromatic nitrogens is 2. The molecule has 0 bridgehead atoms. The summed E-state index contributed by atoms with van der Waals surface area (Å²) in [6, 6.07) is 20.6. The van der Waals surface area contributed by atoms with Gasteiger partial charge in [-0.2, -0.15) is 0 Å². The number of carboxylic acid groups (broad SMARTS) is 1. The Balaban J connectivity index is 1.66. The van der Waals surface area contributed by atoms with E-state index in [-0.39, 0.29) is 11.5 Å². The van der Waals surface area contributed by atoms with Gasteiger partial charge in [0, 0.05) is 24.7 Å². The Morgan fingerprint density at radius 1 is 1.11 bits per heavy atom. The first-order chi connectivity index (χ1) is 17.4. The maximum Gasteiger partial charge on any atom is 0.407 e. The number of nitrogens with zero attached hydrogens (tertiary/aromatic N) is 3. The summed E-state index contributed by atoms with van der Waals surface area (Å²) in [5, 5.41) is 10.6. The van der Waals surface area contributed by atoms with Crippen molar-refractivity contribution >= 4 is 28.6 Å². The van der Waals surface area contributed by atoms with Gasteiger partial charge >= 0.3 is 6.09 Å². The minimum absolute atomic E-state index is 0.000273. The first-order valence-electron chi connectivity index (χ1n) is 11.9. The Kier molecular flexibility index (Phi) is 6.65. The predicted octanol–water partition coefficient (Wildman–Crippen LogP) is 5.78. The van der Waals surface area contributed by atoms with Crippen LogP contribution in [-0.2, 0) is 6.54 Å². The van der Waals surface area contributed by atoms with Crippen LogP contribution in [0.15, 0.2) is 71.5 Å². The molecule has 5 rings (SSSR count). The van der Waals surface area contributed by atoms with E-state index in [2.05, 4.69) is 0 Å². The fraction of sp³-hybridized carbons (Fsp3) is 0.250. The SMILES string of the molecule is COc1ccccc1-c1nc2ccc(-c3ccc(Cl)cc3)cc2c(=O)n1C[C@@H]1CCCN(C(=O)O)C1. The van der Waals surface area contributed by atoms with Gasteiger partial charge in [0.2, 0.25) is 0 Å². The van der Waals surface area contributed by atoms with Crippen LogP contribution in [0.4, 0.5) is 4.79 Å². The number of fused-ring (bicyclic) bond motifs is 1. The smallest absolute Gasteiger partial charge is 0.407 e. The molecule has 1 aliphatic heterocycles. The Labute approximate surface area is 213 Å². The van der Waals surface area contributed by atoms with Gasteiger partial charge in [-0.15, -0.1) is 0 Å². The number of likely N-dealkylation sites (tertiary alicyclic amines) is 1. The summed E-state index contributed by atoms with van der Waals surface area (Å²) in [6.07, 6.45) is 0.670. The second kappa shape index (κ2) is 10.0. The molecule has 1 amide bonds. The largest absolute Gasteiger partial charge is 0.496 e. The van der Waals surface area contributed by atoms with E-state index in [4.69, 9.17) is 21.3 Å². The van der Waals surface area contributed by atoms with Crippen molar-refractivity contribution in [3.63, 3.8) is 0 Å². The number of hydrogen-bond acceptors (Lipinski definition) is 4. The van der Waals surface area contributed by atoms with Gasteiger partial charge in [-0.1, -0.05) is 41.9 Å². The maximum absolute atomic E-state index is 14.0. The minimum Gasteiger partial charge on any atom is -0.496 e. The van der Waals surface area contributed by atoms with Crippen LogP contribution in [0, 0.1) is 5.92 Å². The topological polar surface area (TPSA) is 84.7 Å². The molecule has 1 saturated heterocycles. The maximum atomic E-state index is 14.0. The lowest BCUT2D eigenvalue weighted by molar-refractivity contribution is 0.116. The van der Waals surface area contributed by atoms with E-state index >= 15 is 0 Å². The molecule has 184 valence electrons. The van der Waals surface area contributed by atoms with Gasteiger partial charge in [-0.25, -0.2) is 9.78 Å². The van der Waals surface area contributed by atoms with Crippen LogP contribution in [0.1, 0.15) is 12.8 Å². The van der Waals surface area contributed by atoms with Crippen LogP contribution in [0.5, 0.6) is 5.75 Å². The highest BCUT2D eigenvalue weighted by Gasteiger charge is 2.26. The molecular weight excluding hydrogens is 478 g/mol. The molecule has 0 spiro atoms. The Hall–Kier alpha value is -3.84. The number of rotatable bonds is 5. The van der Waals surface area contributed by atoms with Gasteiger partial charge in [-0.05, 0) is 66.3 Å². The molecule has 0 radical (unpaired) electrons. The van der Waals surface area contributed by atoms with Crippen molar-refractivity contribution in [2.24, 2.45) is 5.92 Å². The summed E-state index contributed by atoms with van der Waals surface area (Å²) >= 11 is 6.05. The van der Waals surface area contributed by atoms with Crippen molar-refractivity contribution in [1.82, 2.24) is 14.5 Å². The molecule has 1 aromatic heterocycles. The number of hydrogen-bond donors (Lipinski definition) is 1. The number of carbonyl (C=O) groups is 1. The molecular formula is C28H26ClN3O4. The fourth-order valence-corrected chi connectivity index (χ4v) is 5.02. The number of amides is 1. The van der Waals surface area contributed by atoms with Crippen molar-refractivity contribution in [3.05, 3.63) is 82.1 Å². The normalized spacial score (nSPS) is 15.7. The van der Waals surface area contributed by atoms with E-state index in [1.54, 1.807) is 11.7 Å². The van der Waals surface area contributed by atoms with Gasteiger partial charge in [0.15, 0.2) is 0 Å². The van der Waals surface area contributed by atoms with Crippen LogP contribution in [-0.4, -0.2) is 45.9 Å². The third-order valence-electron chi connectivity index (χ3n) is 6.71. The van der Waals surface area contributed by atoms with Crippen LogP contribution in [0.3, 0.4) is 0 Å². The summed E-state index contributed by atoms with van der Waals surface area (Å²) in [5.41, 5.74) is 2.98. The molecule has 2 heterocycles. The van der Waals surface area contributed by atoms with Crippen LogP contribution >= 0.6 is 11.6 Å². The second-order valence-corrected chi connectivity index (χ2v) is 9.46. The number of methoxy groups -OCH3 is 1. The zero-order valence-corrected chi connectivity index (χ0v) is 20.6. The highest BCUT2D eigenvalue weighted by molar-refractivity contribution is 6.30. The summed E-state index contributed by atoms with van der Waals surface area (Å²) in [6.45, 7) is 1.26. The summed E-state index contributed by atoms with van der Waals surface area (Å²) < 4.78 is 7.26. The summed E-state index contributed by atoms with van der Waals surface area (Å²) in [4.78, 5) is 31.9. The Morgan fingerprint density at radius 2 is 1.86 bits per heavy atom. The molecule has 1 fully saturated rings. The molecule has 7 nitrogen and oxygen atoms in total. The van der Waals surface area contributed by atoms with Crippen molar-refractivity contribution < 1.29 is 14.6 Å². The molecule has 8 heteroatoms. The monoisotopic (exact) mass is 503 g/mol. The van der Waals surface area contributed by atoms with E-state index in [9.17, 15) is 14.7 Å². The van der Waals surface area contributed by atoms with E-state index in [0.29, 0.717) is 52.7 Å². The average Bonchev–Trinajstić information content (AvgIpc) is 2.90. The molecule has 3 aromatic carbocycles. The van der Waals surface area contributed by atoms with E-state index in [1.165, 1.54) is 4.90 Å². The molecule has 0 unspecified atom stereocenters. The molecule has 1 atom stereocenters. The first-order valence-corrected chi connectivity index (χ1v) is 12.2. The second-order valence-electron chi connectivity index (χ2n) is 9.03. The highest BCUT2D eigenvalue weighted by atomic mass is 35.5. The molecule has 4 aromatic rings. The predicted molar refractivity (Wildman–Crippen MR) is 141 cm³/mol. The molecule has 0 saturated carbocycles. The van der Waals surface area contributed by atoms with Crippen molar-refractivity contribution in [3.8, 4) is 28.3 Å². The van der Waals surface area contributed by atoms with Gasteiger partial charge in [0.1, 0.15) is 11.6 Å². The number of halogens is 1. The standard InChI is InChI=1S/C28H26ClN3O4/c1-36-25-7-3-2-6-22(25)26-30-24-13-10-20(19-8-11-21(29)12-9-19)15-23(24)27(33)32(26)17-18-5-4-14-31(16-18)28(34)35/h2-3,6-13,15,18H,4-5,14,16-17H2,1H3,(H,34,35)/t18-/m1/s1. The summed E-state index contributed by atoms with van der Waals surface area (Å²) in [5.74, 6) is 1.13. The molecule has 36 heavy (non-hydrogen) atoms. The number of benzene rings is 3. The number of ether oxygens (including phenoxy) is 1. The Morgan fingerprint density at radius 3 is 2.61 bits per heavy atom. The lowest BCUT2D eigenvalue weighted by atomic mass is 9.97. The lowest BCUT2D eigenvalue weighted by Gasteiger charge is -2.31. The quantitative estimate of drug-likeness (QED) is 0.373. The summed E-state index contributed by atoms with van der Waals surface area (Å²) in [7, 11) is 1.59. The first kappa shape index (κ1) is 23.9. The zero-order chi connectivity index (χ0) is 25.2. The fourth-order valence-electron chi connectivity index (χ4n) is 4.89. The number of piperidine rings is 1. The van der Waals surface area contributed by atoms with Gasteiger partial charge in [-0.3, -0.25) is 9.36 Å². The van der Waals surface area contributed by atoms with E-state index in [1.807, 2.05) is 66.7 Å². The minimum atomic E-state index is -0.929. The van der Waals surface area contributed by atoms with Crippen LogP contribution in [0.2, 0.25) is 5.02 Å². The zero-order valence-electron chi connectivity index (χ0n) is 19.9. The Bertz CT molecular complexity index is 1480. The van der Waals surface area contributed by atoms with Crippen LogP contribution < -0.4 is 10.3 Å². The molecule has 0 aliphatic carbocycles. The van der Waals surface area contributed by atoms with Gasteiger partial charge in [0.25, 0.3) is 5.56 Å². The van der Waals surface area contributed by atoms with Crippen molar-refractivity contribution in [1.29, 1.82) is 0 Å². The molecule has 1 aliphatic rings. The van der Waals surface area contributed by atoms with Crippen LogP contribution in [0.25, 0.3) is 33.4 Å². The average molecular weight is 504 g/mol. The number of para-hydroxylation sites is 1. The van der Waals surface area contributed by atoms with Gasteiger partial charge < -0.3 is 14.7 Å².